The van der Waals surface area contributed by atoms with Gasteiger partial charge in [-0.1, -0.05) is 56.3 Å². The van der Waals surface area contributed by atoms with Crippen LogP contribution in [0.3, 0.4) is 0 Å². The van der Waals surface area contributed by atoms with Crippen LogP contribution in [0, 0.1) is 5.92 Å². The lowest BCUT2D eigenvalue weighted by Crippen LogP contribution is -2.27. The van der Waals surface area contributed by atoms with Crippen LogP contribution in [0.25, 0.3) is 0 Å². The number of amides is 2. The lowest BCUT2D eigenvalue weighted by Gasteiger charge is -2.13. The first-order valence-electron chi connectivity index (χ1n) is 10.6. The van der Waals surface area contributed by atoms with Crippen LogP contribution in [-0.4, -0.2) is 25.0 Å². The predicted molar refractivity (Wildman–Crippen MR) is 131 cm³/mol. The van der Waals surface area contributed by atoms with Crippen molar-refractivity contribution in [1.82, 2.24) is 5.32 Å². The Kier molecular flexibility index (Phi) is 8.45. The van der Waals surface area contributed by atoms with Gasteiger partial charge in [0.25, 0.3) is 11.8 Å². The van der Waals surface area contributed by atoms with Gasteiger partial charge in [0, 0.05) is 12.1 Å². The van der Waals surface area contributed by atoms with E-state index in [1.807, 2.05) is 30.3 Å². The first-order chi connectivity index (χ1) is 15.4. The Morgan fingerprint density at radius 3 is 2.38 bits per heavy atom. The van der Waals surface area contributed by atoms with Gasteiger partial charge in [0.15, 0.2) is 0 Å². The van der Waals surface area contributed by atoms with E-state index in [-0.39, 0.29) is 11.8 Å². The average molecular weight is 495 g/mol. The second-order valence-corrected chi connectivity index (χ2v) is 8.70. The van der Waals surface area contributed by atoms with E-state index < -0.39 is 0 Å². The maximum absolute atomic E-state index is 12.8. The Hall–Kier alpha value is -3.12. The van der Waals surface area contributed by atoms with Gasteiger partial charge in [-0.3, -0.25) is 9.59 Å². The molecule has 166 valence electrons. The smallest absolute Gasteiger partial charge is 0.255 e. The van der Waals surface area contributed by atoms with E-state index in [0.717, 1.165) is 12.0 Å². The Balaban J connectivity index is 1.64. The van der Waals surface area contributed by atoms with Gasteiger partial charge in [-0.15, -0.1) is 0 Å². The molecule has 5 nitrogen and oxygen atoms in total. The highest BCUT2D eigenvalue weighted by Crippen LogP contribution is 2.27. The maximum Gasteiger partial charge on any atom is 0.255 e. The topological polar surface area (TPSA) is 67.4 Å². The number of carbonyl (C=O) groups excluding carboxylic acids is 2. The van der Waals surface area contributed by atoms with Crippen LogP contribution >= 0.6 is 15.9 Å². The van der Waals surface area contributed by atoms with E-state index in [4.69, 9.17) is 4.74 Å². The Morgan fingerprint density at radius 2 is 1.66 bits per heavy atom. The maximum atomic E-state index is 12.8. The van der Waals surface area contributed by atoms with Crippen LogP contribution < -0.4 is 15.4 Å². The third-order valence-corrected chi connectivity index (χ3v) is 5.35. The molecule has 0 spiro atoms. The molecular weight excluding hydrogens is 468 g/mol. The molecule has 32 heavy (non-hydrogen) atoms. The van der Waals surface area contributed by atoms with Gasteiger partial charge >= 0.3 is 0 Å². The number of hydrogen-bond donors (Lipinski definition) is 2. The van der Waals surface area contributed by atoms with Crippen molar-refractivity contribution in [1.29, 1.82) is 0 Å². The van der Waals surface area contributed by atoms with E-state index in [9.17, 15) is 9.59 Å². The number of carbonyl (C=O) groups is 2. The van der Waals surface area contributed by atoms with Crippen molar-refractivity contribution in [2.45, 2.75) is 20.3 Å². The molecule has 0 unspecified atom stereocenters. The molecule has 0 atom stereocenters. The zero-order valence-electron chi connectivity index (χ0n) is 18.2. The molecule has 0 fully saturated rings. The fourth-order valence-corrected chi connectivity index (χ4v) is 3.55. The summed E-state index contributed by atoms with van der Waals surface area (Å²) in [6, 6.07) is 22.1. The minimum atomic E-state index is -0.300. The standard InChI is InChI=1S/C26H27BrN2O3/c1-18(2)17-32-24-13-12-20(16-22(24)27)25(30)29-23-11-7-6-10-21(23)26(31)28-15-14-19-8-4-3-5-9-19/h3-13,16,18H,14-15,17H2,1-2H3,(H,28,31)(H,29,30). The summed E-state index contributed by atoms with van der Waals surface area (Å²) in [6.45, 7) is 5.25. The molecule has 0 heterocycles. The summed E-state index contributed by atoms with van der Waals surface area (Å²) in [5.74, 6) is 0.565. The third kappa shape index (κ3) is 6.69. The summed E-state index contributed by atoms with van der Waals surface area (Å²) < 4.78 is 6.45. The van der Waals surface area contributed by atoms with Crippen molar-refractivity contribution in [3.8, 4) is 5.75 Å². The average Bonchev–Trinajstić information content (AvgIpc) is 2.79. The van der Waals surface area contributed by atoms with Crippen LogP contribution in [-0.2, 0) is 6.42 Å². The molecule has 2 N–H and O–H groups in total. The second-order valence-electron chi connectivity index (χ2n) is 7.84. The summed E-state index contributed by atoms with van der Waals surface area (Å²) in [5, 5.41) is 5.78. The fraction of sp³-hybridized carbons (Fsp3) is 0.231. The SMILES string of the molecule is CC(C)COc1ccc(C(=O)Nc2ccccc2C(=O)NCCc2ccccc2)cc1Br. The van der Waals surface area contributed by atoms with Gasteiger partial charge in [-0.05, 0) is 64.2 Å². The summed E-state index contributed by atoms with van der Waals surface area (Å²) >= 11 is 3.47. The van der Waals surface area contributed by atoms with E-state index in [2.05, 4.69) is 40.4 Å². The first kappa shape index (κ1) is 23.5. The van der Waals surface area contributed by atoms with E-state index in [1.165, 1.54) is 0 Å². The Morgan fingerprint density at radius 1 is 0.938 bits per heavy atom. The lowest BCUT2D eigenvalue weighted by molar-refractivity contribution is 0.0955. The van der Waals surface area contributed by atoms with Crippen LogP contribution in [0.15, 0.2) is 77.3 Å². The summed E-state index contributed by atoms with van der Waals surface area (Å²) in [5.41, 5.74) is 2.50. The number of anilines is 1. The summed E-state index contributed by atoms with van der Waals surface area (Å²) in [4.78, 5) is 25.5. The normalized spacial score (nSPS) is 10.6. The zero-order valence-corrected chi connectivity index (χ0v) is 19.8. The number of ether oxygens (including phenoxy) is 1. The molecule has 0 saturated heterocycles. The van der Waals surface area contributed by atoms with E-state index >= 15 is 0 Å². The quantitative estimate of drug-likeness (QED) is 0.400. The Labute approximate surface area is 197 Å². The lowest BCUT2D eigenvalue weighted by atomic mass is 10.1. The minimum Gasteiger partial charge on any atom is -0.492 e. The largest absolute Gasteiger partial charge is 0.492 e. The van der Waals surface area contributed by atoms with Gasteiger partial charge in [0.2, 0.25) is 0 Å². The highest BCUT2D eigenvalue weighted by molar-refractivity contribution is 9.10. The van der Waals surface area contributed by atoms with Crippen molar-refractivity contribution in [3.63, 3.8) is 0 Å². The highest BCUT2D eigenvalue weighted by atomic mass is 79.9. The molecule has 3 rings (SSSR count). The molecule has 0 saturated carbocycles. The molecule has 0 aliphatic carbocycles. The molecular formula is C26H27BrN2O3. The van der Waals surface area contributed by atoms with Crippen molar-refractivity contribution in [2.75, 3.05) is 18.5 Å². The third-order valence-electron chi connectivity index (χ3n) is 4.73. The molecule has 6 heteroatoms. The summed E-state index contributed by atoms with van der Waals surface area (Å²) in [7, 11) is 0. The molecule has 0 aliphatic heterocycles. The molecule has 3 aromatic rings. The molecule has 0 radical (unpaired) electrons. The fourth-order valence-electron chi connectivity index (χ4n) is 3.06. The van der Waals surface area contributed by atoms with Crippen LogP contribution in [0.5, 0.6) is 5.75 Å². The van der Waals surface area contributed by atoms with Gasteiger partial charge in [-0.25, -0.2) is 0 Å². The van der Waals surface area contributed by atoms with Crippen molar-refractivity contribution < 1.29 is 14.3 Å². The number of rotatable bonds is 9. The molecule has 0 aliphatic rings. The van der Waals surface area contributed by atoms with Crippen molar-refractivity contribution in [3.05, 3.63) is 94.0 Å². The van der Waals surface area contributed by atoms with Crippen LogP contribution in [0.2, 0.25) is 0 Å². The molecule has 0 aromatic heterocycles. The zero-order chi connectivity index (χ0) is 22.9. The van der Waals surface area contributed by atoms with E-state index in [1.54, 1.807) is 42.5 Å². The number of benzene rings is 3. The van der Waals surface area contributed by atoms with Crippen LogP contribution in [0.1, 0.15) is 40.1 Å². The van der Waals surface area contributed by atoms with Crippen molar-refractivity contribution in [2.24, 2.45) is 5.92 Å². The minimum absolute atomic E-state index is 0.226. The van der Waals surface area contributed by atoms with Gasteiger partial charge < -0.3 is 15.4 Å². The number of hydrogen-bond acceptors (Lipinski definition) is 3. The summed E-state index contributed by atoms with van der Waals surface area (Å²) in [6.07, 6.45) is 0.736. The van der Waals surface area contributed by atoms with Gasteiger partial charge in [0.1, 0.15) is 5.75 Å². The predicted octanol–water partition coefficient (Wildman–Crippen LogP) is 5.71. The van der Waals surface area contributed by atoms with E-state index in [0.29, 0.717) is 46.1 Å². The molecule has 0 bridgehead atoms. The molecule has 3 aromatic carbocycles. The van der Waals surface area contributed by atoms with Crippen LogP contribution in [0.4, 0.5) is 5.69 Å². The first-order valence-corrected chi connectivity index (χ1v) is 11.4. The molecule has 2 amide bonds. The second kappa shape index (κ2) is 11.5. The van der Waals surface area contributed by atoms with Gasteiger partial charge in [0.05, 0.1) is 22.3 Å². The number of nitrogens with one attached hydrogen (secondary N) is 2. The Bertz CT molecular complexity index is 1070. The monoisotopic (exact) mass is 494 g/mol. The number of halogens is 1. The number of para-hydroxylation sites is 1. The highest BCUT2D eigenvalue weighted by Gasteiger charge is 2.15. The van der Waals surface area contributed by atoms with Crippen molar-refractivity contribution >= 4 is 33.4 Å². The van der Waals surface area contributed by atoms with Gasteiger partial charge in [-0.2, -0.15) is 0 Å².